The molecule has 42 heavy (non-hydrogen) atoms. The highest BCUT2D eigenvalue weighted by Crippen LogP contribution is 2.59. The first-order valence-electron chi connectivity index (χ1n) is 14.1. The summed E-state index contributed by atoms with van der Waals surface area (Å²) in [7, 11) is 0. The summed E-state index contributed by atoms with van der Waals surface area (Å²) in [5.74, 6) is 5.40. The number of nitriles is 1. The molecule has 8 nitrogen and oxygen atoms in total. The Morgan fingerprint density at radius 3 is 2.48 bits per heavy atom. The lowest BCUT2D eigenvalue weighted by molar-refractivity contribution is -0.199. The number of nitrogens with one attached hydrogen (secondary N) is 1. The lowest BCUT2D eigenvalue weighted by Crippen LogP contribution is -2.74. The molecule has 0 spiro atoms. The Morgan fingerprint density at radius 2 is 1.86 bits per heavy atom. The van der Waals surface area contributed by atoms with Crippen molar-refractivity contribution in [2.45, 2.75) is 72.1 Å². The van der Waals surface area contributed by atoms with Crippen LogP contribution >= 0.6 is 11.6 Å². The van der Waals surface area contributed by atoms with Gasteiger partial charge in [0.1, 0.15) is 23.3 Å². The molecular weight excluding hydrogens is 554 g/mol. The number of rotatable bonds is 8. The number of carbonyl (C=O) groups excluding carboxylic acids is 2. The van der Waals surface area contributed by atoms with Crippen molar-refractivity contribution in [1.29, 1.82) is 5.26 Å². The summed E-state index contributed by atoms with van der Waals surface area (Å²) in [6.45, 7) is 9.32. The number of nitrogens with zero attached hydrogens (tertiary/aromatic N) is 2. The van der Waals surface area contributed by atoms with Crippen LogP contribution in [0.5, 0.6) is 5.75 Å². The van der Waals surface area contributed by atoms with Crippen LogP contribution in [0.1, 0.15) is 80.4 Å². The van der Waals surface area contributed by atoms with E-state index in [1.165, 1.54) is 0 Å². The molecular formula is C33H34ClN3O5. The van der Waals surface area contributed by atoms with Crippen LogP contribution in [-0.4, -0.2) is 46.5 Å². The summed E-state index contributed by atoms with van der Waals surface area (Å²) in [5.41, 5.74) is 0.931. The van der Waals surface area contributed by atoms with Gasteiger partial charge in [0.25, 0.3) is 5.91 Å². The number of halogens is 1. The number of ether oxygens (including phenoxy) is 1. The van der Waals surface area contributed by atoms with E-state index in [2.05, 4.69) is 50.9 Å². The van der Waals surface area contributed by atoms with Crippen molar-refractivity contribution >= 4 is 29.4 Å². The third-order valence-corrected chi connectivity index (χ3v) is 9.23. The van der Waals surface area contributed by atoms with E-state index >= 15 is 0 Å². The van der Waals surface area contributed by atoms with E-state index in [0.717, 1.165) is 11.1 Å². The van der Waals surface area contributed by atoms with Gasteiger partial charge in [-0.05, 0) is 55.2 Å². The first kappa shape index (κ1) is 29.5. The lowest BCUT2D eigenvalue weighted by atomic mass is 9.49. The SMILES string of the molecule is CC1(C)C(Oc2ccc(C#N)c(Cl)c2)C(C)(C)C1N1Cc2cc(C#CCCCNC(=O)C3(C(=O)O)CC3)ccc2C1=O. The molecule has 0 atom stereocenters. The van der Waals surface area contributed by atoms with E-state index in [9.17, 15) is 19.5 Å². The Hall–Kier alpha value is -4.01. The maximum Gasteiger partial charge on any atom is 0.319 e. The number of carboxylic acid groups (broad SMARTS) is 1. The molecule has 2 saturated carbocycles. The number of benzene rings is 2. The van der Waals surface area contributed by atoms with E-state index in [1.54, 1.807) is 18.2 Å². The first-order valence-corrected chi connectivity index (χ1v) is 14.5. The number of aliphatic carboxylic acids is 1. The van der Waals surface area contributed by atoms with Crippen LogP contribution in [0, 0.1) is 39.4 Å². The Labute approximate surface area is 251 Å². The Balaban J connectivity index is 1.20. The van der Waals surface area contributed by atoms with Gasteiger partial charge in [-0.3, -0.25) is 14.4 Å². The van der Waals surface area contributed by atoms with Crippen LogP contribution in [-0.2, 0) is 16.1 Å². The first-order chi connectivity index (χ1) is 19.8. The van der Waals surface area contributed by atoms with Gasteiger partial charge in [0.2, 0.25) is 5.91 Å². The predicted octanol–water partition coefficient (Wildman–Crippen LogP) is 5.16. The molecule has 2 aromatic rings. The Kier molecular flexibility index (Phi) is 7.49. The monoisotopic (exact) mass is 587 g/mol. The third kappa shape index (κ3) is 4.99. The van der Waals surface area contributed by atoms with Crippen molar-refractivity contribution in [2.24, 2.45) is 16.2 Å². The van der Waals surface area contributed by atoms with Crippen molar-refractivity contribution in [1.82, 2.24) is 10.2 Å². The predicted molar refractivity (Wildman–Crippen MR) is 157 cm³/mol. The fourth-order valence-corrected chi connectivity index (χ4v) is 7.23. The normalized spacial score (nSPS) is 22.1. The molecule has 2 amide bonds. The van der Waals surface area contributed by atoms with Crippen LogP contribution in [0.4, 0.5) is 0 Å². The third-order valence-electron chi connectivity index (χ3n) is 8.92. The number of hydrogen-bond donors (Lipinski definition) is 2. The highest BCUT2D eigenvalue weighted by molar-refractivity contribution is 6.31. The maximum absolute atomic E-state index is 13.5. The molecule has 0 bridgehead atoms. The second kappa shape index (κ2) is 10.7. The molecule has 2 aromatic carbocycles. The van der Waals surface area contributed by atoms with Crippen LogP contribution in [0.2, 0.25) is 5.02 Å². The smallest absolute Gasteiger partial charge is 0.319 e. The van der Waals surface area contributed by atoms with Crippen LogP contribution in [0.3, 0.4) is 0 Å². The van der Waals surface area contributed by atoms with E-state index in [4.69, 9.17) is 21.6 Å². The Bertz CT molecular complexity index is 1560. The summed E-state index contributed by atoms with van der Waals surface area (Å²) < 4.78 is 6.40. The summed E-state index contributed by atoms with van der Waals surface area (Å²) in [6, 6.07) is 12.7. The molecule has 218 valence electrons. The number of hydrogen-bond acceptors (Lipinski definition) is 5. The molecule has 0 radical (unpaired) electrons. The number of carbonyl (C=O) groups is 3. The fourth-order valence-electron chi connectivity index (χ4n) is 7.02. The van der Waals surface area contributed by atoms with E-state index in [-0.39, 0.29) is 28.9 Å². The zero-order chi connectivity index (χ0) is 30.4. The number of amides is 2. The second-order valence-electron chi connectivity index (χ2n) is 12.7. The van der Waals surface area contributed by atoms with Gasteiger partial charge in [0, 0.05) is 53.6 Å². The molecule has 1 heterocycles. The quantitative estimate of drug-likeness (QED) is 0.250. The molecule has 2 N–H and O–H groups in total. The van der Waals surface area contributed by atoms with Gasteiger partial charge in [0.15, 0.2) is 0 Å². The van der Waals surface area contributed by atoms with Gasteiger partial charge in [-0.2, -0.15) is 5.26 Å². The summed E-state index contributed by atoms with van der Waals surface area (Å²) >= 11 is 6.23. The molecule has 0 saturated heterocycles. The molecule has 1 aliphatic heterocycles. The van der Waals surface area contributed by atoms with Crippen LogP contribution < -0.4 is 10.1 Å². The molecule has 0 aromatic heterocycles. The van der Waals surface area contributed by atoms with E-state index in [0.29, 0.717) is 60.7 Å². The molecule has 2 aliphatic carbocycles. The molecule has 5 rings (SSSR count). The molecule has 9 heteroatoms. The number of carboxylic acids is 1. The van der Waals surface area contributed by atoms with Crippen molar-refractivity contribution in [3.63, 3.8) is 0 Å². The topological polar surface area (TPSA) is 120 Å². The second-order valence-corrected chi connectivity index (χ2v) is 13.1. The van der Waals surface area contributed by atoms with Gasteiger partial charge in [-0.25, -0.2) is 0 Å². The molecule has 3 aliphatic rings. The fraction of sp³-hybridized carbons (Fsp3) is 0.455. The van der Waals surface area contributed by atoms with Crippen molar-refractivity contribution < 1.29 is 24.2 Å². The van der Waals surface area contributed by atoms with Gasteiger partial charge >= 0.3 is 5.97 Å². The largest absolute Gasteiger partial charge is 0.489 e. The average molecular weight is 588 g/mol. The lowest BCUT2D eigenvalue weighted by Gasteiger charge is -2.65. The number of unbranched alkanes of at least 4 members (excludes halogenated alkanes) is 1. The van der Waals surface area contributed by atoms with Gasteiger partial charge in [-0.15, -0.1) is 0 Å². The zero-order valence-corrected chi connectivity index (χ0v) is 25.0. The van der Waals surface area contributed by atoms with Crippen LogP contribution in [0.15, 0.2) is 36.4 Å². The van der Waals surface area contributed by atoms with Gasteiger partial charge in [0.05, 0.1) is 10.6 Å². The highest BCUT2D eigenvalue weighted by atomic mass is 35.5. The average Bonchev–Trinajstić information content (AvgIpc) is 3.70. The minimum atomic E-state index is -1.22. The van der Waals surface area contributed by atoms with Crippen molar-refractivity contribution in [3.8, 4) is 23.7 Å². The van der Waals surface area contributed by atoms with Crippen molar-refractivity contribution in [3.05, 3.63) is 63.7 Å². The minimum absolute atomic E-state index is 0.000985. The van der Waals surface area contributed by atoms with Crippen LogP contribution in [0.25, 0.3) is 0 Å². The van der Waals surface area contributed by atoms with Gasteiger partial charge < -0.3 is 20.1 Å². The highest BCUT2D eigenvalue weighted by Gasteiger charge is 2.67. The molecule has 2 fully saturated rings. The summed E-state index contributed by atoms with van der Waals surface area (Å²) in [5, 5.41) is 21.4. The van der Waals surface area contributed by atoms with Crippen molar-refractivity contribution in [2.75, 3.05) is 6.54 Å². The Morgan fingerprint density at radius 1 is 1.14 bits per heavy atom. The number of fused-ring (bicyclic) bond motifs is 1. The maximum atomic E-state index is 13.5. The molecule has 0 unspecified atom stereocenters. The summed E-state index contributed by atoms with van der Waals surface area (Å²) in [6.07, 6.45) is 1.78. The zero-order valence-electron chi connectivity index (χ0n) is 24.2. The standard InChI is InChI=1S/C33H34ClN3O5/c1-31(2)27(32(3,4)28(31)42-23-11-10-21(18-35)25(34)17-23)37-19-22-16-20(9-12-24(22)26(37)38)8-6-5-7-15-36-29(39)33(13-14-33)30(40)41/h9-12,16-17,27-28H,5,7,13-15,19H2,1-4H3,(H,36,39)(H,40,41). The minimum Gasteiger partial charge on any atom is -0.489 e. The van der Waals surface area contributed by atoms with E-state index in [1.807, 2.05) is 23.1 Å². The summed E-state index contributed by atoms with van der Waals surface area (Å²) in [4.78, 5) is 38.8. The van der Waals surface area contributed by atoms with Gasteiger partial charge in [-0.1, -0.05) is 51.1 Å². The van der Waals surface area contributed by atoms with E-state index < -0.39 is 17.3 Å².